The molecule has 1 aromatic heterocycles. The van der Waals surface area contributed by atoms with E-state index in [-0.39, 0.29) is 5.60 Å². The van der Waals surface area contributed by atoms with Gasteiger partial charge in [0.15, 0.2) is 17.8 Å². The van der Waals surface area contributed by atoms with E-state index >= 15 is 0 Å². The topological polar surface area (TPSA) is 53.4 Å². The number of carbonyl (C=O) groups is 1. The average Bonchev–Trinajstić information content (AvgIpc) is 2.85. The van der Waals surface area contributed by atoms with Gasteiger partial charge in [-0.15, -0.1) is 0 Å². The molecule has 110 valence electrons. The summed E-state index contributed by atoms with van der Waals surface area (Å²) in [4.78, 5) is 11.2. The third kappa shape index (κ3) is 2.28. The average molecular weight is 286 g/mol. The molecule has 0 fully saturated rings. The van der Waals surface area contributed by atoms with E-state index < -0.39 is 0 Å². The van der Waals surface area contributed by atoms with Crippen LogP contribution in [0.15, 0.2) is 18.2 Å². The van der Waals surface area contributed by atoms with E-state index in [4.69, 9.17) is 9.47 Å². The minimum absolute atomic E-state index is 0.238. The van der Waals surface area contributed by atoms with Gasteiger partial charge in [-0.25, -0.2) is 4.68 Å². The lowest BCUT2D eigenvalue weighted by atomic mass is 10.0. The van der Waals surface area contributed by atoms with Crippen molar-refractivity contribution in [1.82, 2.24) is 9.78 Å². The van der Waals surface area contributed by atoms with Crippen molar-refractivity contribution >= 4 is 6.29 Å². The highest BCUT2D eigenvalue weighted by Crippen LogP contribution is 2.43. The molecular weight excluding hydrogens is 268 g/mol. The molecule has 0 aliphatic carbocycles. The number of hydrogen-bond acceptors (Lipinski definition) is 4. The van der Waals surface area contributed by atoms with Crippen molar-refractivity contribution in [3.63, 3.8) is 0 Å². The van der Waals surface area contributed by atoms with Gasteiger partial charge in [0.05, 0.1) is 11.3 Å². The van der Waals surface area contributed by atoms with Crippen LogP contribution in [0.1, 0.15) is 35.5 Å². The van der Waals surface area contributed by atoms with E-state index in [2.05, 4.69) is 5.10 Å². The van der Waals surface area contributed by atoms with Crippen LogP contribution >= 0.6 is 0 Å². The van der Waals surface area contributed by atoms with Crippen LogP contribution in [0.4, 0.5) is 0 Å². The van der Waals surface area contributed by atoms with Gasteiger partial charge in [0.25, 0.3) is 0 Å². The molecule has 0 radical (unpaired) electrons. The Kier molecular flexibility index (Phi) is 3.01. The molecule has 5 heteroatoms. The zero-order chi connectivity index (χ0) is 15.2. The molecule has 0 bridgehead atoms. The van der Waals surface area contributed by atoms with Gasteiger partial charge in [0.2, 0.25) is 5.88 Å². The maximum absolute atomic E-state index is 11.2. The van der Waals surface area contributed by atoms with Crippen LogP contribution in [0, 0.1) is 6.92 Å². The number of benzene rings is 1. The molecule has 0 unspecified atom stereocenters. The molecule has 1 aromatic carbocycles. The highest BCUT2D eigenvalue weighted by Gasteiger charge is 2.32. The zero-order valence-electron chi connectivity index (χ0n) is 12.6. The molecule has 0 amide bonds. The fourth-order valence-corrected chi connectivity index (χ4v) is 2.68. The number of rotatable bonds is 3. The molecule has 0 saturated carbocycles. The van der Waals surface area contributed by atoms with Crippen LogP contribution in [0.3, 0.4) is 0 Å². The van der Waals surface area contributed by atoms with E-state index in [9.17, 15) is 4.79 Å². The van der Waals surface area contributed by atoms with Crippen LogP contribution in [-0.2, 0) is 13.5 Å². The predicted octanol–water partition coefficient (Wildman–Crippen LogP) is 3.05. The van der Waals surface area contributed by atoms with Gasteiger partial charge >= 0.3 is 0 Å². The Morgan fingerprint density at radius 2 is 2.19 bits per heavy atom. The number of hydrogen-bond donors (Lipinski definition) is 0. The molecule has 0 spiro atoms. The molecule has 1 aliphatic rings. The fourth-order valence-electron chi connectivity index (χ4n) is 2.68. The lowest BCUT2D eigenvalue weighted by Gasteiger charge is -2.18. The maximum atomic E-state index is 11.2. The molecule has 21 heavy (non-hydrogen) atoms. The summed E-state index contributed by atoms with van der Waals surface area (Å²) in [5.74, 6) is 1.80. The predicted molar refractivity (Wildman–Crippen MR) is 78.3 cm³/mol. The minimum Gasteiger partial charge on any atom is -0.483 e. The first-order valence-electron chi connectivity index (χ1n) is 6.89. The summed E-state index contributed by atoms with van der Waals surface area (Å²) in [5.41, 5.74) is 1.99. The number of aromatic nitrogens is 2. The number of carbonyl (C=O) groups excluding carboxylic acids is 1. The van der Waals surface area contributed by atoms with Crippen LogP contribution in [-0.4, -0.2) is 21.7 Å². The first-order valence-corrected chi connectivity index (χ1v) is 6.89. The Morgan fingerprint density at radius 1 is 1.43 bits per heavy atom. The molecule has 0 N–H and O–H groups in total. The maximum Gasteiger partial charge on any atom is 0.228 e. The number of aryl methyl sites for hydroxylation is 2. The Hall–Kier alpha value is -2.30. The molecule has 5 nitrogen and oxygen atoms in total. The fraction of sp³-hybridized carbons (Fsp3) is 0.375. The Morgan fingerprint density at radius 3 is 2.90 bits per heavy atom. The van der Waals surface area contributed by atoms with Crippen LogP contribution in [0.2, 0.25) is 0 Å². The van der Waals surface area contributed by atoms with E-state index in [0.29, 0.717) is 22.9 Å². The van der Waals surface area contributed by atoms with Gasteiger partial charge in [-0.2, -0.15) is 5.10 Å². The lowest BCUT2D eigenvalue weighted by Crippen LogP contribution is -2.24. The molecule has 2 heterocycles. The monoisotopic (exact) mass is 286 g/mol. The van der Waals surface area contributed by atoms with Crippen LogP contribution in [0.5, 0.6) is 17.4 Å². The smallest absolute Gasteiger partial charge is 0.228 e. The van der Waals surface area contributed by atoms with E-state index in [1.165, 1.54) is 0 Å². The molecular formula is C16H18N2O3. The first-order chi connectivity index (χ1) is 9.91. The standard InChI is InChI=1S/C16H18N2O3/c1-10-12(9-19)15(18(4)17-10)20-13-7-5-6-11-8-16(2,3)21-14(11)13/h5-7,9H,8H2,1-4H3. The Balaban J connectivity index is 2.02. The lowest BCUT2D eigenvalue weighted by molar-refractivity contribution is 0.111. The van der Waals surface area contributed by atoms with E-state index in [0.717, 1.165) is 24.0 Å². The summed E-state index contributed by atoms with van der Waals surface area (Å²) >= 11 is 0. The molecule has 2 aromatic rings. The zero-order valence-corrected chi connectivity index (χ0v) is 12.6. The van der Waals surface area contributed by atoms with Crippen molar-refractivity contribution in [2.75, 3.05) is 0 Å². The van der Waals surface area contributed by atoms with E-state index in [1.807, 2.05) is 32.0 Å². The SMILES string of the molecule is Cc1nn(C)c(Oc2cccc3c2OC(C)(C)C3)c1C=O. The number of ether oxygens (including phenoxy) is 2. The van der Waals surface area contributed by atoms with Gasteiger partial charge in [0, 0.05) is 19.0 Å². The summed E-state index contributed by atoms with van der Waals surface area (Å²) in [6.07, 6.45) is 1.61. The molecule has 0 saturated heterocycles. The summed E-state index contributed by atoms with van der Waals surface area (Å²) in [7, 11) is 1.75. The van der Waals surface area contributed by atoms with Crippen molar-refractivity contribution in [3.8, 4) is 17.4 Å². The van der Waals surface area contributed by atoms with Crippen molar-refractivity contribution in [2.24, 2.45) is 7.05 Å². The van der Waals surface area contributed by atoms with Gasteiger partial charge in [-0.05, 0) is 26.8 Å². The highest BCUT2D eigenvalue weighted by molar-refractivity contribution is 5.80. The summed E-state index contributed by atoms with van der Waals surface area (Å²) in [6, 6.07) is 5.81. The Bertz CT molecular complexity index is 717. The van der Waals surface area contributed by atoms with Crippen molar-refractivity contribution in [3.05, 3.63) is 35.0 Å². The third-order valence-electron chi connectivity index (χ3n) is 3.59. The quantitative estimate of drug-likeness (QED) is 0.814. The van der Waals surface area contributed by atoms with Gasteiger partial charge < -0.3 is 9.47 Å². The van der Waals surface area contributed by atoms with Crippen LogP contribution in [0.25, 0.3) is 0 Å². The number of nitrogens with zero attached hydrogens (tertiary/aromatic N) is 2. The van der Waals surface area contributed by atoms with Gasteiger partial charge in [-0.1, -0.05) is 12.1 Å². The molecule has 3 rings (SSSR count). The third-order valence-corrected chi connectivity index (χ3v) is 3.59. The second-order valence-corrected chi connectivity index (χ2v) is 5.93. The second-order valence-electron chi connectivity index (χ2n) is 5.93. The van der Waals surface area contributed by atoms with Crippen LogP contribution < -0.4 is 9.47 Å². The van der Waals surface area contributed by atoms with E-state index in [1.54, 1.807) is 18.7 Å². The largest absolute Gasteiger partial charge is 0.483 e. The minimum atomic E-state index is -0.238. The molecule has 0 atom stereocenters. The summed E-state index contributed by atoms with van der Waals surface area (Å²) in [6.45, 7) is 5.87. The first kappa shape index (κ1) is 13.7. The Labute approximate surface area is 123 Å². The summed E-state index contributed by atoms with van der Waals surface area (Å²) in [5, 5.41) is 4.22. The second kappa shape index (κ2) is 4.62. The summed E-state index contributed by atoms with van der Waals surface area (Å²) < 4.78 is 13.5. The number of para-hydroxylation sites is 1. The molecule has 1 aliphatic heterocycles. The highest BCUT2D eigenvalue weighted by atomic mass is 16.5. The van der Waals surface area contributed by atoms with Crippen molar-refractivity contribution < 1.29 is 14.3 Å². The normalized spacial score (nSPS) is 15.4. The van der Waals surface area contributed by atoms with Gasteiger partial charge in [-0.3, -0.25) is 4.79 Å². The van der Waals surface area contributed by atoms with Crippen molar-refractivity contribution in [2.45, 2.75) is 32.8 Å². The van der Waals surface area contributed by atoms with Crippen molar-refractivity contribution in [1.29, 1.82) is 0 Å². The number of fused-ring (bicyclic) bond motifs is 1. The van der Waals surface area contributed by atoms with Gasteiger partial charge in [0.1, 0.15) is 5.60 Å². The number of aldehydes is 1.